The van der Waals surface area contributed by atoms with Crippen LogP contribution in [0.2, 0.25) is 5.02 Å². The number of sulfonamides is 1. The van der Waals surface area contributed by atoms with Gasteiger partial charge in [-0.1, -0.05) is 35.9 Å². The molecule has 0 radical (unpaired) electrons. The van der Waals surface area contributed by atoms with Crippen LogP contribution in [0.15, 0.2) is 59.8 Å². The molecule has 0 unspecified atom stereocenters. The van der Waals surface area contributed by atoms with Crippen molar-refractivity contribution in [2.45, 2.75) is 17.2 Å². The molecular weight excluding hydrogens is 452 g/mol. The lowest BCUT2D eigenvalue weighted by Crippen LogP contribution is -2.55. The fourth-order valence-corrected chi connectivity index (χ4v) is 5.84. The van der Waals surface area contributed by atoms with Crippen LogP contribution in [0.4, 0.5) is 5.69 Å². The minimum Gasteiger partial charge on any atom is -0.358 e. The van der Waals surface area contributed by atoms with E-state index in [2.05, 4.69) is 15.6 Å². The fourth-order valence-electron chi connectivity index (χ4n) is 3.87. The van der Waals surface area contributed by atoms with Crippen molar-refractivity contribution in [3.8, 4) is 0 Å². The van der Waals surface area contributed by atoms with Gasteiger partial charge in [-0.15, -0.1) is 0 Å². The highest BCUT2D eigenvalue weighted by atomic mass is 35.5. The number of anilines is 1. The third-order valence-electron chi connectivity index (χ3n) is 5.66. The van der Waals surface area contributed by atoms with E-state index in [1.165, 1.54) is 25.2 Å². The number of rotatable bonds is 4. The van der Waals surface area contributed by atoms with Gasteiger partial charge in [0.2, 0.25) is 21.8 Å². The molecule has 32 heavy (non-hydrogen) atoms. The van der Waals surface area contributed by atoms with Crippen molar-refractivity contribution in [2.75, 3.05) is 25.5 Å². The second kappa shape index (κ2) is 8.16. The van der Waals surface area contributed by atoms with Gasteiger partial charge in [-0.2, -0.15) is 4.31 Å². The Hall–Kier alpha value is -3.01. The molecule has 2 amide bonds. The van der Waals surface area contributed by atoms with Crippen molar-refractivity contribution < 1.29 is 18.0 Å². The van der Waals surface area contributed by atoms with Crippen molar-refractivity contribution in [1.82, 2.24) is 14.6 Å². The fraction of sp³-hybridized carbons (Fsp3) is 0.227. The van der Waals surface area contributed by atoms with Crippen LogP contribution in [0.3, 0.4) is 0 Å². The van der Waals surface area contributed by atoms with Crippen LogP contribution in [0, 0.1) is 0 Å². The Bertz CT molecular complexity index is 1340. The van der Waals surface area contributed by atoms with Crippen LogP contribution >= 0.6 is 11.6 Å². The lowest BCUT2D eigenvalue weighted by Gasteiger charge is -2.40. The first-order chi connectivity index (χ1) is 15.2. The number of nitrogens with one attached hydrogen (secondary N) is 2. The largest absolute Gasteiger partial charge is 0.358 e. The number of carbonyl (C=O) groups is 2. The molecule has 4 rings (SSSR count). The minimum atomic E-state index is -4.00. The van der Waals surface area contributed by atoms with E-state index in [0.717, 1.165) is 15.1 Å². The van der Waals surface area contributed by atoms with Crippen LogP contribution < -0.4 is 10.6 Å². The summed E-state index contributed by atoms with van der Waals surface area (Å²) in [5.74, 6) is -0.914. The molecule has 0 fully saturated rings. The minimum absolute atomic E-state index is 0.0502. The summed E-state index contributed by atoms with van der Waals surface area (Å²) in [6.45, 7) is 1.02. The molecule has 2 heterocycles. The van der Waals surface area contributed by atoms with Crippen molar-refractivity contribution in [3.63, 3.8) is 0 Å². The molecule has 2 N–H and O–H groups in total. The van der Waals surface area contributed by atoms with Gasteiger partial charge in [0.1, 0.15) is 0 Å². The summed E-state index contributed by atoms with van der Waals surface area (Å²) >= 11 is 6.17. The molecule has 0 aliphatic carbocycles. The maximum atomic E-state index is 13.6. The highest BCUT2D eigenvalue weighted by Crippen LogP contribution is 2.40. The van der Waals surface area contributed by atoms with Gasteiger partial charge in [-0.25, -0.2) is 8.42 Å². The first-order valence-corrected chi connectivity index (χ1v) is 11.6. The van der Waals surface area contributed by atoms with E-state index in [9.17, 15) is 18.0 Å². The van der Waals surface area contributed by atoms with Gasteiger partial charge in [0, 0.05) is 35.6 Å². The van der Waals surface area contributed by atoms with Crippen LogP contribution in [-0.4, -0.2) is 49.7 Å². The number of amides is 2. The van der Waals surface area contributed by atoms with E-state index in [4.69, 9.17) is 11.6 Å². The first kappa shape index (κ1) is 22.2. The Morgan fingerprint density at radius 1 is 1.19 bits per heavy atom. The van der Waals surface area contributed by atoms with Crippen LogP contribution in [0.25, 0.3) is 10.8 Å². The van der Waals surface area contributed by atoms with Gasteiger partial charge >= 0.3 is 0 Å². The molecule has 2 aromatic carbocycles. The standard InChI is InChI=1S/C22H21ClN4O4S/c1-22(21(29)26-18-11-25-10-14-5-3-4-6-16(14)18)13-27(12-20(28)24-2)32(30,31)19-8-7-15(23)9-17(19)22/h3-11H,12-13H2,1-2H3,(H,24,28)(H,26,29)/t22-/m1/s1. The van der Waals surface area contributed by atoms with Crippen LogP contribution in [0.5, 0.6) is 0 Å². The molecule has 1 atom stereocenters. The quantitative estimate of drug-likeness (QED) is 0.606. The summed E-state index contributed by atoms with van der Waals surface area (Å²) in [5, 5.41) is 7.29. The zero-order valence-corrected chi connectivity index (χ0v) is 19.0. The Balaban J connectivity index is 1.81. The number of halogens is 1. The third-order valence-corrected chi connectivity index (χ3v) is 7.75. The number of nitrogens with zero attached hydrogens (tertiary/aromatic N) is 2. The maximum Gasteiger partial charge on any atom is 0.243 e. The summed E-state index contributed by atoms with van der Waals surface area (Å²) in [4.78, 5) is 29.8. The predicted octanol–water partition coefficient (Wildman–Crippen LogP) is 2.53. The zero-order chi connectivity index (χ0) is 23.1. The molecular formula is C22H21ClN4O4S. The van der Waals surface area contributed by atoms with Crippen molar-refractivity contribution in [2.24, 2.45) is 0 Å². The van der Waals surface area contributed by atoms with Gasteiger partial charge in [0.25, 0.3) is 0 Å². The van der Waals surface area contributed by atoms with Gasteiger partial charge in [0.05, 0.1) is 28.7 Å². The van der Waals surface area contributed by atoms with E-state index in [1.54, 1.807) is 19.3 Å². The van der Waals surface area contributed by atoms with E-state index in [-0.39, 0.29) is 17.0 Å². The number of pyridine rings is 1. The van der Waals surface area contributed by atoms with Gasteiger partial charge in [0.15, 0.2) is 0 Å². The summed E-state index contributed by atoms with van der Waals surface area (Å²) in [5.41, 5.74) is -0.524. The SMILES string of the molecule is CNC(=O)CN1C[C@@](C)(C(=O)Nc2cncc3ccccc23)c2cc(Cl)ccc2S1(=O)=O. The lowest BCUT2D eigenvalue weighted by molar-refractivity contribution is -0.124. The molecule has 0 bridgehead atoms. The Morgan fingerprint density at radius 2 is 1.94 bits per heavy atom. The normalized spacial score (nSPS) is 19.8. The number of hydrogen-bond donors (Lipinski definition) is 2. The van der Waals surface area contributed by atoms with Gasteiger partial charge < -0.3 is 10.6 Å². The second-order valence-electron chi connectivity index (χ2n) is 7.78. The molecule has 3 aromatic rings. The molecule has 1 aromatic heterocycles. The van der Waals surface area contributed by atoms with Crippen LogP contribution in [-0.2, 0) is 25.0 Å². The third kappa shape index (κ3) is 3.72. The molecule has 8 nitrogen and oxygen atoms in total. The first-order valence-electron chi connectivity index (χ1n) is 9.82. The Morgan fingerprint density at radius 3 is 2.69 bits per heavy atom. The number of hydrogen-bond acceptors (Lipinski definition) is 5. The molecule has 0 spiro atoms. The van der Waals surface area contributed by atoms with Crippen molar-refractivity contribution >= 4 is 49.9 Å². The number of carbonyl (C=O) groups excluding carboxylic acids is 2. The predicted molar refractivity (Wildman–Crippen MR) is 122 cm³/mol. The van der Waals surface area contributed by atoms with Crippen LogP contribution in [0.1, 0.15) is 12.5 Å². The number of likely N-dealkylation sites (N-methyl/N-ethyl adjacent to an activating group) is 1. The lowest BCUT2D eigenvalue weighted by atomic mass is 9.80. The molecule has 1 aliphatic heterocycles. The van der Waals surface area contributed by atoms with E-state index in [1.807, 2.05) is 24.3 Å². The average Bonchev–Trinajstić information content (AvgIpc) is 2.77. The summed E-state index contributed by atoms with van der Waals surface area (Å²) in [6, 6.07) is 11.8. The van der Waals surface area contributed by atoms with E-state index >= 15 is 0 Å². The molecule has 0 saturated carbocycles. The zero-order valence-electron chi connectivity index (χ0n) is 17.4. The highest BCUT2D eigenvalue weighted by molar-refractivity contribution is 7.89. The smallest absolute Gasteiger partial charge is 0.243 e. The topological polar surface area (TPSA) is 108 Å². The van der Waals surface area contributed by atoms with E-state index in [0.29, 0.717) is 10.7 Å². The summed E-state index contributed by atoms with van der Waals surface area (Å²) < 4.78 is 27.4. The van der Waals surface area contributed by atoms with Gasteiger partial charge in [-0.3, -0.25) is 14.6 Å². The molecule has 10 heteroatoms. The van der Waals surface area contributed by atoms with E-state index < -0.39 is 33.8 Å². The monoisotopic (exact) mass is 472 g/mol. The highest BCUT2D eigenvalue weighted by Gasteiger charge is 2.48. The average molecular weight is 473 g/mol. The summed E-state index contributed by atoms with van der Waals surface area (Å²) in [6.07, 6.45) is 3.24. The molecule has 166 valence electrons. The number of fused-ring (bicyclic) bond motifs is 2. The van der Waals surface area contributed by atoms with Crippen molar-refractivity contribution in [1.29, 1.82) is 0 Å². The number of aromatic nitrogens is 1. The maximum absolute atomic E-state index is 13.6. The summed E-state index contributed by atoms with van der Waals surface area (Å²) in [7, 11) is -2.57. The van der Waals surface area contributed by atoms with Gasteiger partial charge in [-0.05, 0) is 30.7 Å². The Kier molecular flexibility index (Phi) is 5.66. The number of benzene rings is 2. The molecule has 0 saturated heterocycles. The van der Waals surface area contributed by atoms with Crippen molar-refractivity contribution in [3.05, 3.63) is 65.4 Å². The molecule has 1 aliphatic rings. The Labute approximate surface area is 190 Å². The second-order valence-corrected chi connectivity index (χ2v) is 10.1.